The molecule has 0 radical (unpaired) electrons. The van der Waals surface area contributed by atoms with E-state index in [0.717, 1.165) is 4.68 Å². The zero-order valence-corrected chi connectivity index (χ0v) is 12.7. The number of benzene rings is 1. The van der Waals surface area contributed by atoms with Gasteiger partial charge in [0.1, 0.15) is 12.4 Å². The van der Waals surface area contributed by atoms with Crippen LogP contribution in [-0.2, 0) is 13.0 Å². The van der Waals surface area contributed by atoms with E-state index < -0.39 is 5.76 Å². The van der Waals surface area contributed by atoms with Gasteiger partial charge in [-0.15, -0.1) is 5.10 Å². The highest BCUT2D eigenvalue weighted by molar-refractivity contribution is 5.51. The van der Waals surface area contributed by atoms with Crippen LogP contribution in [0.5, 0.6) is 0 Å². The first-order valence-corrected chi connectivity index (χ1v) is 7.16. The minimum absolute atomic E-state index is 0.0467. The topological polar surface area (TPSA) is 87.0 Å². The fourth-order valence-corrected chi connectivity index (χ4v) is 2.04. The van der Waals surface area contributed by atoms with E-state index >= 15 is 0 Å². The molecule has 2 aromatic heterocycles. The van der Waals surface area contributed by atoms with Gasteiger partial charge in [0.05, 0.1) is 0 Å². The van der Waals surface area contributed by atoms with Crippen molar-refractivity contribution < 1.29 is 13.3 Å². The summed E-state index contributed by atoms with van der Waals surface area (Å²) in [6.07, 6.45) is 0.668. The molecule has 0 aliphatic rings. The summed E-state index contributed by atoms with van der Waals surface area (Å²) in [4.78, 5) is 16.1. The van der Waals surface area contributed by atoms with Crippen LogP contribution in [0.2, 0.25) is 0 Å². The molecule has 0 aliphatic carbocycles. The van der Waals surface area contributed by atoms with Crippen molar-refractivity contribution in [3.63, 3.8) is 0 Å². The summed E-state index contributed by atoms with van der Waals surface area (Å²) < 4.78 is 24.2. The molecule has 8 heteroatoms. The molecule has 0 fully saturated rings. The maximum absolute atomic E-state index is 12.9. The molecule has 0 aliphatic heterocycles. The Morgan fingerprint density at radius 3 is 2.70 bits per heavy atom. The molecule has 23 heavy (non-hydrogen) atoms. The lowest BCUT2D eigenvalue weighted by Gasteiger charge is -1.96. The van der Waals surface area contributed by atoms with Crippen molar-refractivity contribution in [1.82, 2.24) is 19.9 Å². The minimum Gasteiger partial charge on any atom is -0.388 e. The predicted octanol–water partition coefficient (Wildman–Crippen LogP) is 2.27. The van der Waals surface area contributed by atoms with Gasteiger partial charge < -0.3 is 8.94 Å². The van der Waals surface area contributed by atoms with Crippen molar-refractivity contribution in [2.45, 2.75) is 26.8 Å². The molecule has 3 rings (SSSR count). The number of hydrogen-bond donors (Lipinski definition) is 0. The van der Waals surface area contributed by atoms with E-state index in [1.807, 2.05) is 13.8 Å². The monoisotopic (exact) mass is 318 g/mol. The lowest BCUT2D eigenvalue weighted by Crippen LogP contribution is -2.17. The molecule has 0 spiro atoms. The SMILES string of the molecule is CC(C)Cc1nc(Cn2nc(-c3ccc(F)cc3)oc2=O)no1. The van der Waals surface area contributed by atoms with E-state index in [4.69, 9.17) is 8.94 Å². The minimum atomic E-state index is -0.639. The summed E-state index contributed by atoms with van der Waals surface area (Å²) in [6.45, 7) is 4.13. The predicted molar refractivity (Wildman–Crippen MR) is 78.1 cm³/mol. The Morgan fingerprint density at radius 1 is 1.26 bits per heavy atom. The number of nitrogens with zero attached hydrogens (tertiary/aromatic N) is 4. The van der Waals surface area contributed by atoms with Crippen LogP contribution in [0, 0.1) is 11.7 Å². The van der Waals surface area contributed by atoms with Crippen LogP contribution in [0.15, 0.2) is 38.0 Å². The highest BCUT2D eigenvalue weighted by Crippen LogP contribution is 2.15. The van der Waals surface area contributed by atoms with Crippen LogP contribution in [0.1, 0.15) is 25.6 Å². The fourth-order valence-electron chi connectivity index (χ4n) is 2.04. The Labute approximate surface area is 130 Å². The average molecular weight is 318 g/mol. The van der Waals surface area contributed by atoms with Gasteiger partial charge in [-0.1, -0.05) is 19.0 Å². The molecule has 3 aromatic rings. The van der Waals surface area contributed by atoms with Gasteiger partial charge in [0, 0.05) is 12.0 Å². The third-order valence-corrected chi connectivity index (χ3v) is 3.08. The van der Waals surface area contributed by atoms with Gasteiger partial charge in [0.15, 0.2) is 5.82 Å². The van der Waals surface area contributed by atoms with Gasteiger partial charge in [-0.3, -0.25) is 0 Å². The van der Waals surface area contributed by atoms with Gasteiger partial charge in [0.2, 0.25) is 11.8 Å². The van der Waals surface area contributed by atoms with Crippen molar-refractivity contribution in [2.24, 2.45) is 5.92 Å². The third-order valence-electron chi connectivity index (χ3n) is 3.08. The quantitative estimate of drug-likeness (QED) is 0.717. The Hall–Kier alpha value is -2.77. The molecule has 0 N–H and O–H groups in total. The Bertz CT molecular complexity index is 848. The summed E-state index contributed by atoms with van der Waals surface area (Å²) in [7, 11) is 0. The van der Waals surface area contributed by atoms with E-state index in [0.29, 0.717) is 29.6 Å². The van der Waals surface area contributed by atoms with Crippen molar-refractivity contribution in [1.29, 1.82) is 0 Å². The standard InChI is InChI=1S/C15H15FN4O3/c1-9(2)7-13-17-12(19-23-13)8-20-15(21)22-14(18-20)10-3-5-11(16)6-4-10/h3-6,9H,7-8H2,1-2H3. The largest absolute Gasteiger partial charge is 0.437 e. The summed E-state index contributed by atoms with van der Waals surface area (Å²) >= 11 is 0. The van der Waals surface area contributed by atoms with E-state index in [1.54, 1.807) is 0 Å². The molecular weight excluding hydrogens is 303 g/mol. The first kappa shape index (κ1) is 15.1. The molecule has 0 saturated heterocycles. The van der Waals surface area contributed by atoms with Crippen molar-refractivity contribution in [2.75, 3.05) is 0 Å². The van der Waals surface area contributed by atoms with Crippen LogP contribution in [0.3, 0.4) is 0 Å². The Morgan fingerprint density at radius 2 is 2.00 bits per heavy atom. The summed E-state index contributed by atoms with van der Waals surface area (Å²) in [6, 6.07) is 5.51. The van der Waals surface area contributed by atoms with Gasteiger partial charge in [-0.2, -0.15) is 9.67 Å². The summed E-state index contributed by atoms with van der Waals surface area (Å²) in [5.74, 6) is 0.357. The number of halogens is 1. The van der Waals surface area contributed by atoms with E-state index in [-0.39, 0.29) is 18.3 Å². The summed E-state index contributed by atoms with van der Waals surface area (Å²) in [5, 5.41) is 7.89. The summed E-state index contributed by atoms with van der Waals surface area (Å²) in [5.41, 5.74) is 0.510. The molecule has 0 unspecified atom stereocenters. The zero-order valence-electron chi connectivity index (χ0n) is 12.7. The first-order valence-electron chi connectivity index (χ1n) is 7.16. The molecule has 0 atom stereocenters. The number of hydrogen-bond acceptors (Lipinski definition) is 6. The maximum Gasteiger partial charge on any atom is 0.437 e. The van der Waals surface area contributed by atoms with Crippen molar-refractivity contribution in [3.05, 3.63) is 52.3 Å². The lowest BCUT2D eigenvalue weighted by atomic mass is 10.1. The second kappa shape index (κ2) is 6.15. The number of aromatic nitrogens is 4. The second-order valence-corrected chi connectivity index (χ2v) is 5.54. The molecular formula is C15H15FN4O3. The van der Waals surface area contributed by atoms with Gasteiger partial charge in [-0.25, -0.2) is 9.18 Å². The smallest absolute Gasteiger partial charge is 0.388 e. The van der Waals surface area contributed by atoms with Crippen LogP contribution in [-0.4, -0.2) is 19.9 Å². The average Bonchev–Trinajstić information content (AvgIpc) is 3.07. The van der Waals surface area contributed by atoms with Crippen LogP contribution in [0.25, 0.3) is 11.5 Å². The van der Waals surface area contributed by atoms with E-state index in [2.05, 4.69) is 15.2 Å². The highest BCUT2D eigenvalue weighted by Gasteiger charge is 2.14. The fraction of sp³-hybridized carbons (Fsp3) is 0.333. The molecule has 0 saturated carbocycles. The van der Waals surface area contributed by atoms with Crippen molar-refractivity contribution >= 4 is 0 Å². The van der Waals surface area contributed by atoms with Crippen molar-refractivity contribution in [3.8, 4) is 11.5 Å². The highest BCUT2D eigenvalue weighted by atomic mass is 19.1. The van der Waals surface area contributed by atoms with Gasteiger partial charge in [0.25, 0.3) is 0 Å². The molecule has 0 bridgehead atoms. The number of rotatable bonds is 5. The van der Waals surface area contributed by atoms with Gasteiger partial charge in [-0.05, 0) is 30.2 Å². The molecule has 7 nitrogen and oxygen atoms in total. The van der Waals surface area contributed by atoms with Crippen LogP contribution < -0.4 is 5.76 Å². The molecule has 1 aromatic carbocycles. The molecule has 2 heterocycles. The van der Waals surface area contributed by atoms with Gasteiger partial charge >= 0.3 is 5.76 Å². The zero-order chi connectivity index (χ0) is 16.4. The van der Waals surface area contributed by atoms with E-state index in [1.165, 1.54) is 24.3 Å². The Balaban J connectivity index is 1.80. The Kier molecular flexibility index (Phi) is 4.05. The first-order chi connectivity index (χ1) is 11.0. The molecule has 120 valence electrons. The van der Waals surface area contributed by atoms with Crippen LogP contribution >= 0.6 is 0 Å². The third kappa shape index (κ3) is 3.53. The van der Waals surface area contributed by atoms with E-state index in [9.17, 15) is 9.18 Å². The molecule has 0 amide bonds. The lowest BCUT2D eigenvalue weighted by molar-refractivity contribution is 0.356. The van der Waals surface area contributed by atoms with Crippen LogP contribution in [0.4, 0.5) is 4.39 Å². The second-order valence-electron chi connectivity index (χ2n) is 5.54. The maximum atomic E-state index is 12.9. The normalized spacial score (nSPS) is 11.3.